The molecule has 1 aromatic heterocycles. The van der Waals surface area contributed by atoms with Gasteiger partial charge in [-0.05, 0) is 57.0 Å². The fourth-order valence-electron chi connectivity index (χ4n) is 3.60. The summed E-state index contributed by atoms with van der Waals surface area (Å²) < 4.78 is 13.0. The molecular weight excluding hydrogens is 382 g/mol. The van der Waals surface area contributed by atoms with E-state index in [9.17, 15) is 4.79 Å². The molecule has 0 saturated carbocycles. The maximum Gasteiger partial charge on any atom is 0.273 e. The van der Waals surface area contributed by atoms with Crippen LogP contribution >= 0.6 is 12.4 Å². The van der Waals surface area contributed by atoms with Crippen molar-refractivity contribution in [1.82, 2.24) is 25.6 Å². The normalized spacial score (nSPS) is 16.3. The number of piperidine rings is 1. The first-order chi connectivity index (χ1) is 13.2. The zero-order valence-corrected chi connectivity index (χ0v) is 16.8. The number of amides is 1. The van der Waals surface area contributed by atoms with Crippen LogP contribution in [-0.2, 0) is 6.42 Å². The third-order valence-electron chi connectivity index (χ3n) is 5.10. The van der Waals surface area contributed by atoms with Crippen LogP contribution in [0.15, 0.2) is 18.2 Å². The molecule has 9 heteroatoms. The topological polar surface area (TPSA) is 90.3 Å². The number of rotatable bonds is 5. The number of aromatic nitrogens is 3. The molecule has 8 nitrogen and oxygen atoms in total. The standard InChI is InChI=1S/C19H25N5O3.ClH/c1-13-18(22-23-24(13)15-5-7-20-8-6-15)19(25)21-9-4-14-2-3-16-17(12-14)27-11-10-26-16;/h2-3,12,15,20H,4-11H2,1H3,(H,21,25);1H. The SMILES string of the molecule is Cc1c(C(=O)NCCc2ccc3c(c2)OCCO3)nnn1C1CCNCC1.Cl. The summed E-state index contributed by atoms with van der Waals surface area (Å²) >= 11 is 0. The maximum absolute atomic E-state index is 12.5. The highest BCUT2D eigenvalue weighted by atomic mass is 35.5. The van der Waals surface area contributed by atoms with Crippen LogP contribution < -0.4 is 20.1 Å². The van der Waals surface area contributed by atoms with Crippen molar-refractivity contribution in [3.63, 3.8) is 0 Å². The van der Waals surface area contributed by atoms with Crippen molar-refractivity contribution in [2.75, 3.05) is 32.8 Å². The van der Waals surface area contributed by atoms with Crippen molar-refractivity contribution < 1.29 is 14.3 Å². The van der Waals surface area contributed by atoms with E-state index in [2.05, 4.69) is 20.9 Å². The summed E-state index contributed by atoms with van der Waals surface area (Å²) in [5.41, 5.74) is 2.34. The van der Waals surface area contributed by atoms with Gasteiger partial charge in [-0.25, -0.2) is 4.68 Å². The van der Waals surface area contributed by atoms with Gasteiger partial charge < -0.3 is 20.1 Å². The molecule has 0 radical (unpaired) electrons. The lowest BCUT2D eigenvalue weighted by Gasteiger charge is -2.23. The largest absolute Gasteiger partial charge is 0.486 e. The van der Waals surface area contributed by atoms with Gasteiger partial charge >= 0.3 is 0 Å². The molecule has 2 aliphatic heterocycles. The van der Waals surface area contributed by atoms with Crippen molar-refractivity contribution >= 4 is 18.3 Å². The first kappa shape index (κ1) is 20.4. The lowest BCUT2D eigenvalue weighted by molar-refractivity contribution is 0.0948. The molecule has 1 amide bonds. The monoisotopic (exact) mass is 407 g/mol. The summed E-state index contributed by atoms with van der Waals surface area (Å²) in [4.78, 5) is 12.5. The van der Waals surface area contributed by atoms with Gasteiger partial charge in [-0.1, -0.05) is 11.3 Å². The van der Waals surface area contributed by atoms with Gasteiger partial charge in [-0.3, -0.25) is 4.79 Å². The number of hydrogen-bond donors (Lipinski definition) is 2. The number of nitrogens with zero attached hydrogens (tertiary/aromatic N) is 3. The van der Waals surface area contributed by atoms with E-state index in [0.717, 1.165) is 48.7 Å². The van der Waals surface area contributed by atoms with E-state index in [1.54, 1.807) is 0 Å². The molecule has 2 aliphatic rings. The summed E-state index contributed by atoms with van der Waals surface area (Å²) in [5, 5.41) is 14.6. The number of carbonyl (C=O) groups excluding carboxylic acids is 1. The van der Waals surface area contributed by atoms with Crippen LogP contribution in [0.5, 0.6) is 11.5 Å². The van der Waals surface area contributed by atoms with Gasteiger partial charge in [-0.2, -0.15) is 0 Å². The van der Waals surface area contributed by atoms with Crippen LogP contribution in [0.4, 0.5) is 0 Å². The Balaban J connectivity index is 0.00000225. The van der Waals surface area contributed by atoms with E-state index in [-0.39, 0.29) is 18.3 Å². The van der Waals surface area contributed by atoms with Crippen molar-refractivity contribution in [3.8, 4) is 11.5 Å². The molecule has 2 N–H and O–H groups in total. The lowest BCUT2D eigenvalue weighted by atomic mass is 10.1. The molecule has 2 aromatic rings. The van der Waals surface area contributed by atoms with E-state index in [4.69, 9.17) is 9.47 Å². The Morgan fingerprint density at radius 1 is 1.25 bits per heavy atom. The average Bonchev–Trinajstić information content (AvgIpc) is 3.10. The Morgan fingerprint density at radius 2 is 2.00 bits per heavy atom. The van der Waals surface area contributed by atoms with Crippen LogP contribution in [-0.4, -0.2) is 53.7 Å². The predicted molar refractivity (Wildman–Crippen MR) is 107 cm³/mol. The highest BCUT2D eigenvalue weighted by molar-refractivity contribution is 5.93. The van der Waals surface area contributed by atoms with Crippen LogP contribution in [0.25, 0.3) is 0 Å². The summed E-state index contributed by atoms with van der Waals surface area (Å²) in [6.45, 7) is 5.54. The molecule has 1 saturated heterocycles. The minimum Gasteiger partial charge on any atom is -0.486 e. The molecule has 0 spiro atoms. The Kier molecular flexibility index (Phi) is 6.74. The van der Waals surface area contributed by atoms with E-state index < -0.39 is 0 Å². The van der Waals surface area contributed by atoms with Gasteiger partial charge in [-0.15, -0.1) is 17.5 Å². The van der Waals surface area contributed by atoms with Crippen LogP contribution in [0.1, 0.15) is 40.6 Å². The quantitative estimate of drug-likeness (QED) is 0.783. The molecule has 0 bridgehead atoms. The molecule has 0 unspecified atom stereocenters. The molecule has 4 rings (SSSR count). The fraction of sp³-hybridized carbons (Fsp3) is 0.526. The van der Waals surface area contributed by atoms with Gasteiger partial charge in [0.1, 0.15) is 13.2 Å². The number of halogens is 1. The highest BCUT2D eigenvalue weighted by Crippen LogP contribution is 2.30. The van der Waals surface area contributed by atoms with Crippen LogP contribution in [0, 0.1) is 6.92 Å². The van der Waals surface area contributed by atoms with Gasteiger partial charge in [0, 0.05) is 6.54 Å². The molecule has 1 aromatic carbocycles. The first-order valence-electron chi connectivity index (χ1n) is 9.51. The molecule has 152 valence electrons. The fourth-order valence-corrected chi connectivity index (χ4v) is 3.60. The summed E-state index contributed by atoms with van der Waals surface area (Å²) in [5.74, 6) is 1.37. The average molecular weight is 408 g/mol. The Hall–Kier alpha value is -2.32. The minimum atomic E-state index is -0.176. The highest BCUT2D eigenvalue weighted by Gasteiger charge is 2.22. The Labute approximate surface area is 170 Å². The molecule has 3 heterocycles. The third-order valence-corrected chi connectivity index (χ3v) is 5.10. The van der Waals surface area contributed by atoms with Crippen molar-refractivity contribution in [1.29, 1.82) is 0 Å². The van der Waals surface area contributed by atoms with E-state index in [1.807, 2.05) is 29.8 Å². The predicted octanol–water partition coefficient (Wildman–Crippen LogP) is 1.68. The minimum absolute atomic E-state index is 0. The number of nitrogens with one attached hydrogen (secondary N) is 2. The zero-order valence-electron chi connectivity index (χ0n) is 15.9. The molecule has 0 aliphatic carbocycles. The van der Waals surface area contributed by atoms with E-state index in [0.29, 0.717) is 37.9 Å². The van der Waals surface area contributed by atoms with Gasteiger partial charge in [0.2, 0.25) is 0 Å². The first-order valence-corrected chi connectivity index (χ1v) is 9.51. The molecule has 1 fully saturated rings. The van der Waals surface area contributed by atoms with Gasteiger partial charge in [0.05, 0.1) is 11.7 Å². The molecule has 28 heavy (non-hydrogen) atoms. The summed E-state index contributed by atoms with van der Waals surface area (Å²) in [6, 6.07) is 6.20. The number of benzene rings is 1. The van der Waals surface area contributed by atoms with Crippen molar-refractivity contribution in [2.45, 2.75) is 32.2 Å². The van der Waals surface area contributed by atoms with Crippen LogP contribution in [0.3, 0.4) is 0 Å². The second kappa shape index (κ2) is 9.25. The number of hydrogen-bond acceptors (Lipinski definition) is 6. The number of fused-ring (bicyclic) bond motifs is 1. The zero-order chi connectivity index (χ0) is 18.6. The summed E-state index contributed by atoms with van der Waals surface area (Å²) in [6.07, 6.45) is 2.73. The van der Waals surface area contributed by atoms with Crippen molar-refractivity contribution in [3.05, 3.63) is 35.2 Å². The second-order valence-electron chi connectivity index (χ2n) is 6.93. The lowest BCUT2D eigenvalue weighted by Crippen LogP contribution is -2.30. The van der Waals surface area contributed by atoms with E-state index in [1.165, 1.54) is 0 Å². The second-order valence-corrected chi connectivity index (χ2v) is 6.93. The van der Waals surface area contributed by atoms with Gasteiger partial charge in [0.15, 0.2) is 17.2 Å². The van der Waals surface area contributed by atoms with E-state index >= 15 is 0 Å². The summed E-state index contributed by atoms with van der Waals surface area (Å²) in [7, 11) is 0. The third kappa shape index (κ3) is 4.39. The number of ether oxygens (including phenoxy) is 2. The maximum atomic E-state index is 12.5. The molecular formula is C19H26ClN5O3. The smallest absolute Gasteiger partial charge is 0.273 e. The van der Waals surface area contributed by atoms with Crippen molar-refractivity contribution in [2.24, 2.45) is 0 Å². The Bertz CT molecular complexity index is 820. The Morgan fingerprint density at radius 3 is 2.79 bits per heavy atom. The number of carbonyl (C=O) groups is 1. The van der Waals surface area contributed by atoms with Crippen LogP contribution in [0.2, 0.25) is 0 Å². The molecule has 0 atom stereocenters. The van der Waals surface area contributed by atoms with Gasteiger partial charge in [0.25, 0.3) is 5.91 Å².